The summed E-state index contributed by atoms with van der Waals surface area (Å²) in [5.41, 5.74) is 2.24. The van der Waals surface area contributed by atoms with Crippen LogP contribution in [-0.2, 0) is 13.1 Å². The zero-order valence-corrected chi connectivity index (χ0v) is 14.3. The monoisotopic (exact) mass is 349 g/mol. The summed E-state index contributed by atoms with van der Waals surface area (Å²) in [5, 5.41) is 5.97. The molecule has 3 rings (SSSR count). The van der Waals surface area contributed by atoms with Crippen molar-refractivity contribution in [2.45, 2.75) is 13.1 Å². The highest BCUT2D eigenvalue weighted by atomic mass is 16.5. The molecule has 0 radical (unpaired) electrons. The molecule has 0 bridgehead atoms. The van der Waals surface area contributed by atoms with E-state index in [1.54, 1.807) is 19.5 Å². The Morgan fingerprint density at radius 1 is 1.04 bits per heavy atom. The molecule has 1 aromatic carbocycles. The zero-order chi connectivity index (χ0) is 18.2. The fraction of sp³-hybridized carbons (Fsp3) is 0.158. The van der Waals surface area contributed by atoms with Gasteiger partial charge < -0.3 is 15.4 Å². The van der Waals surface area contributed by atoms with Crippen molar-refractivity contribution in [3.05, 3.63) is 78.0 Å². The number of nitrogens with one attached hydrogen (secondary N) is 2. The lowest BCUT2D eigenvalue weighted by molar-refractivity contribution is 0.0945. The van der Waals surface area contributed by atoms with Crippen LogP contribution in [0.1, 0.15) is 21.6 Å². The van der Waals surface area contributed by atoms with Crippen LogP contribution in [0.3, 0.4) is 0 Å². The maximum Gasteiger partial charge on any atom is 0.271 e. The Bertz CT molecular complexity index is 853. The first-order valence-electron chi connectivity index (χ1n) is 8.11. The average Bonchev–Trinajstić information content (AvgIpc) is 2.72. The van der Waals surface area contributed by atoms with Crippen LogP contribution in [-0.4, -0.2) is 28.0 Å². The molecule has 7 nitrogen and oxygen atoms in total. The highest BCUT2D eigenvalue weighted by Gasteiger charge is 2.08. The SMILES string of the molecule is COc1ccccc1CNc1cnc(C(=O)NCc2ccncc2)cn1. The van der Waals surface area contributed by atoms with Gasteiger partial charge in [-0.3, -0.25) is 9.78 Å². The number of anilines is 1. The van der Waals surface area contributed by atoms with E-state index in [1.165, 1.54) is 12.4 Å². The largest absolute Gasteiger partial charge is 0.496 e. The molecule has 2 N–H and O–H groups in total. The van der Waals surface area contributed by atoms with E-state index in [2.05, 4.69) is 25.6 Å². The van der Waals surface area contributed by atoms with Crippen LogP contribution in [0.15, 0.2) is 61.2 Å². The van der Waals surface area contributed by atoms with E-state index in [4.69, 9.17) is 4.74 Å². The van der Waals surface area contributed by atoms with Crippen molar-refractivity contribution < 1.29 is 9.53 Å². The number of amides is 1. The fourth-order valence-electron chi connectivity index (χ4n) is 2.34. The quantitative estimate of drug-likeness (QED) is 0.681. The van der Waals surface area contributed by atoms with Gasteiger partial charge in [0.15, 0.2) is 0 Å². The summed E-state index contributed by atoms with van der Waals surface area (Å²) < 4.78 is 5.31. The Kier molecular flexibility index (Phi) is 5.72. The van der Waals surface area contributed by atoms with Gasteiger partial charge in [0.2, 0.25) is 0 Å². The van der Waals surface area contributed by atoms with Crippen LogP contribution < -0.4 is 15.4 Å². The van der Waals surface area contributed by atoms with Crippen molar-refractivity contribution in [2.24, 2.45) is 0 Å². The number of pyridine rings is 1. The highest BCUT2D eigenvalue weighted by Crippen LogP contribution is 2.18. The van der Waals surface area contributed by atoms with E-state index in [-0.39, 0.29) is 11.6 Å². The second kappa shape index (κ2) is 8.57. The summed E-state index contributed by atoms with van der Waals surface area (Å²) in [7, 11) is 1.64. The molecule has 0 fully saturated rings. The van der Waals surface area contributed by atoms with Crippen LogP contribution >= 0.6 is 0 Å². The Labute approximate surface area is 151 Å². The number of carbonyl (C=O) groups excluding carboxylic acids is 1. The van der Waals surface area contributed by atoms with E-state index in [0.717, 1.165) is 16.9 Å². The van der Waals surface area contributed by atoms with E-state index in [1.807, 2.05) is 36.4 Å². The number of hydrogen-bond donors (Lipinski definition) is 2. The summed E-state index contributed by atoms with van der Waals surface area (Å²) in [5.74, 6) is 1.12. The van der Waals surface area contributed by atoms with Gasteiger partial charge in [-0.15, -0.1) is 0 Å². The molecule has 0 aliphatic heterocycles. The first-order valence-corrected chi connectivity index (χ1v) is 8.11. The minimum atomic E-state index is -0.273. The topological polar surface area (TPSA) is 89.0 Å². The number of para-hydroxylation sites is 1. The number of carbonyl (C=O) groups is 1. The number of ether oxygens (including phenoxy) is 1. The third kappa shape index (κ3) is 4.54. The van der Waals surface area contributed by atoms with E-state index in [0.29, 0.717) is 18.9 Å². The van der Waals surface area contributed by atoms with E-state index < -0.39 is 0 Å². The van der Waals surface area contributed by atoms with Gasteiger partial charge in [0.1, 0.15) is 17.3 Å². The molecule has 0 spiro atoms. The third-order valence-corrected chi connectivity index (χ3v) is 3.74. The third-order valence-electron chi connectivity index (χ3n) is 3.74. The molecule has 7 heteroatoms. The zero-order valence-electron chi connectivity index (χ0n) is 14.3. The van der Waals surface area contributed by atoms with E-state index >= 15 is 0 Å². The van der Waals surface area contributed by atoms with E-state index in [9.17, 15) is 4.79 Å². The molecular weight excluding hydrogens is 330 g/mol. The van der Waals surface area contributed by atoms with Gasteiger partial charge in [-0.05, 0) is 23.8 Å². The predicted octanol–water partition coefficient (Wildman–Crippen LogP) is 2.42. The lowest BCUT2D eigenvalue weighted by atomic mass is 10.2. The molecule has 26 heavy (non-hydrogen) atoms. The van der Waals surface area contributed by atoms with Gasteiger partial charge in [0.25, 0.3) is 5.91 Å². The smallest absolute Gasteiger partial charge is 0.271 e. The fourth-order valence-corrected chi connectivity index (χ4v) is 2.34. The number of rotatable bonds is 7. The summed E-state index contributed by atoms with van der Waals surface area (Å²) >= 11 is 0. The molecular formula is C19H19N5O2. The molecule has 0 unspecified atom stereocenters. The van der Waals surface area contributed by atoms with Crippen molar-refractivity contribution in [3.63, 3.8) is 0 Å². The standard InChI is InChI=1S/C19H19N5O2/c1-26-17-5-3-2-4-15(17)11-22-18-13-21-16(12-23-18)19(25)24-10-14-6-8-20-9-7-14/h2-9,12-13H,10-11H2,1H3,(H,22,23)(H,24,25). The lowest BCUT2D eigenvalue weighted by Crippen LogP contribution is -2.24. The van der Waals surface area contributed by atoms with Gasteiger partial charge >= 0.3 is 0 Å². The summed E-state index contributed by atoms with van der Waals surface area (Å²) in [6.07, 6.45) is 6.36. The van der Waals surface area contributed by atoms with Crippen LogP contribution in [0.4, 0.5) is 5.82 Å². The number of nitrogens with zero attached hydrogens (tertiary/aromatic N) is 3. The summed E-state index contributed by atoms with van der Waals surface area (Å²) in [4.78, 5) is 24.5. The van der Waals surface area contributed by atoms with Gasteiger partial charge in [0, 0.05) is 31.0 Å². The normalized spacial score (nSPS) is 10.2. The van der Waals surface area contributed by atoms with Gasteiger partial charge in [-0.2, -0.15) is 0 Å². The van der Waals surface area contributed by atoms with Crippen molar-refractivity contribution in [2.75, 3.05) is 12.4 Å². The van der Waals surface area contributed by atoms with Gasteiger partial charge in [0.05, 0.1) is 19.5 Å². The lowest BCUT2D eigenvalue weighted by Gasteiger charge is -2.10. The molecule has 0 atom stereocenters. The molecule has 2 heterocycles. The molecule has 0 saturated heterocycles. The Balaban J connectivity index is 1.55. The van der Waals surface area contributed by atoms with Crippen molar-refractivity contribution in [1.29, 1.82) is 0 Å². The number of aromatic nitrogens is 3. The predicted molar refractivity (Wildman–Crippen MR) is 97.8 cm³/mol. The second-order valence-corrected chi connectivity index (χ2v) is 5.49. The van der Waals surface area contributed by atoms with Crippen LogP contribution in [0.2, 0.25) is 0 Å². The second-order valence-electron chi connectivity index (χ2n) is 5.49. The first kappa shape index (κ1) is 17.3. The Morgan fingerprint density at radius 2 is 1.85 bits per heavy atom. The van der Waals surface area contributed by atoms with Gasteiger partial charge in [-0.25, -0.2) is 9.97 Å². The minimum absolute atomic E-state index is 0.266. The Hall–Kier alpha value is -3.48. The molecule has 1 amide bonds. The maximum atomic E-state index is 12.1. The van der Waals surface area contributed by atoms with Crippen molar-refractivity contribution in [1.82, 2.24) is 20.3 Å². The molecule has 2 aromatic heterocycles. The molecule has 132 valence electrons. The molecule has 0 aliphatic carbocycles. The van der Waals surface area contributed by atoms with Gasteiger partial charge in [-0.1, -0.05) is 18.2 Å². The van der Waals surface area contributed by atoms with Crippen molar-refractivity contribution in [3.8, 4) is 5.75 Å². The Morgan fingerprint density at radius 3 is 2.58 bits per heavy atom. The number of benzene rings is 1. The summed E-state index contributed by atoms with van der Waals surface area (Å²) in [6.45, 7) is 0.961. The van der Waals surface area contributed by atoms with Crippen LogP contribution in [0.5, 0.6) is 5.75 Å². The number of hydrogen-bond acceptors (Lipinski definition) is 6. The van der Waals surface area contributed by atoms with Crippen LogP contribution in [0, 0.1) is 0 Å². The minimum Gasteiger partial charge on any atom is -0.496 e. The first-order chi connectivity index (χ1) is 12.8. The molecule has 3 aromatic rings. The number of methoxy groups -OCH3 is 1. The average molecular weight is 349 g/mol. The molecule has 0 aliphatic rings. The highest BCUT2D eigenvalue weighted by molar-refractivity contribution is 5.91. The van der Waals surface area contributed by atoms with Crippen molar-refractivity contribution >= 4 is 11.7 Å². The van der Waals surface area contributed by atoms with Crippen LogP contribution in [0.25, 0.3) is 0 Å². The maximum absolute atomic E-state index is 12.1. The molecule has 0 saturated carbocycles. The summed E-state index contributed by atoms with van der Waals surface area (Å²) in [6, 6.07) is 11.4.